The van der Waals surface area contributed by atoms with Crippen LogP contribution in [0, 0.1) is 17.2 Å². The van der Waals surface area contributed by atoms with E-state index >= 15 is 0 Å². The number of aromatic nitrogens is 1. The van der Waals surface area contributed by atoms with Crippen molar-refractivity contribution in [3.05, 3.63) is 30.0 Å². The SMILES string of the molecule is [B]c1ccc2c(C(C)(C)C#N)cn(CC(CO)COC)c2c1. The largest absolute Gasteiger partial charge is 0.396 e. The van der Waals surface area contributed by atoms with Crippen LogP contribution in [0.25, 0.3) is 10.9 Å². The Hall–Kier alpha value is -1.77. The van der Waals surface area contributed by atoms with Crippen molar-refractivity contribution in [1.29, 1.82) is 5.26 Å². The van der Waals surface area contributed by atoms with Crippen molar-refractivity contribution >= 4 is 24.2 Å². The Labute approximate surface area is 132 Å². The molecule has 22 heavy (non-hydrogen) atoms. The molecule has 2 rings (SSSR count). The Morgan fingerprint density at radius 3 is 2.77 bits per heavy atom. The van der Waals surface area contributed by atoms with Crippen molar-refractivity contribution < 1.29 is 9.84 Å². The summed E-state index contributed by atoms with van der Waals surface area (Å²) in [7, 11) is 7.54. The summed E-state index contributed by atoms with van der Waals surface area (Å²) in [5.41, 5.74) is 2.04. The molecular formula is C17H21BN2O2. The van der Waals surface area contributed by atoms with Crippen molar-refractivity contribution in [2.24, 2.45) is 5.92 Å². The fourth-order valence-corrected chi connectivity index (χ4v) is 2.70. The number of aliphatic hydroxyl groups is 1. The van der Waals surface area contributed by atoms with Gasteiger partial charge in [0, 0.05) is 43.3 Å². The van der Waals surface area contributed by atoms with Gasteiger partial charge in [-0.05, 0) is 25.5 Å². The molecule has 2 radical (unpaired) electrons. The summed E-state index contributed by atoms with van der Waals surface area (Å²) in [5, 5.41) is 19.9. The summed E-state index contributed by atoms with van der Waals surface area (Å²) >= 11 is 0. The third kappa shape index (κ3) is 3.19. The van der Waals surface area contributed by atoms with E-state index in [9.17, 15) is 10.4 Å². The zero-order valence-electron chi connectivity index (χ0n) is 13.3. The standard InChI is InChI=1S/C17H21BN2O2/c1-17(2,11-19)15-8-20(7-12(9-21)10-22-3)16-6-13(18)4-5-14(15)16/h4-6,8,12,21H,7,9-10H2,1-3H3. The fraction of sp³-hybridized carbons (Fsp3) is 0.471. The van der Waals surface area contributed by atoms with Gasteiger partial charge in [0.15, 0.2) is 0 Å². The van der Waals surface area contributed by atoms with E-state index in [-0.39, 0.29) is 12.5 Å². The lowest BCUT2D eigenvalue weighted by Crippen LogP contribution is -2.19. The van der Waals surface area contributed by atoms with Gasteiger partial charge >= 0.3 is 0 Å². The first-order chi connectivity index (χ1) is 10.4. The summed E-state index contributed by atoms with van der Waals surface area (Å²) in [4.78, 5) is 0. The third-order valence-electron chi connectivity index (χ3n) is 3.97. The van der Waals surface area contributed by atoms with Crippen LogP contribution >= 0.6 is 0 Å². The van der Waals surface area contributed by atoms with Crippen LogP contribution in [0.15, 0.2) is 24.4 Å². The minimum atomic E-state index is -0.588. The summed E-state index contributed by atoms with van der Waals surface area (Å²) in [5.74, 6) is 0.0000728. The maximum Gasteiger partial charge on any atom is 0.113 e. The van der Waals surface area contributed by atoms with Crippen LogP contribution in [0.1, 0.15) is 19.4 Å². The Kier molecular flexibility index (Phi) is 4.95. The number of nitriles is 1. The molecule has 1 heterocycles. The van der Waals surface area contributed by atoms with E-state index in [4.69, 9.17) is 12.6 Å². The van der Waals surface area contributed by atoms with Gasteiger partial charge in [-0.3, -0.25) is 0 Å². The molecule has 1 aromatic heterocycles. The van der Waals surface area contributed by atoms with Crippen molar-refractivity contribution in [3.8, 4) is 6.07 Å². The highest BCUT2D eigenvalue weighted by Gasteiger charge is 2.25. The van der Waals surface area contributed by atoms with Gasteiger partial charge in [0.1, 0.15) is 7.85 Å². The molecule has 0 amide bonds. The Morgan fingerprint density at radius 2 is 2.18 bits per heavy atom. The molecule has 0 aliphatic carbocycles. The normalized spacial score (nSPS) is 13.2. The highest BCUT2D eigenvalue weighted by molar-refractivity contribution is 6.33. The third-order valence-corrected chi connectivity index (χ3v) is 3.97. The molecule has 0 fully saturated rings. The lowest BCUT2D eigenvalue weighted by Gasteiger charge is -2.15. The number of fused-ring (bicyclic) bond motifs is 1. The summed E-state index contributed by atoms with van der Waals surface area (Å²) in [6, 6.07) is 8.07. The topological polar surface area (TPSA) is 58.2 Å². The van der Waals surface area contributed by atoms with Crippen LogP contribution in [0.3, 0.4) is 0 Å². The van der Waals surface area contributed by atoms with Crippen molar-refractivity contribution in [3.63, 3.8) is 0 Å². The number of hydrogen-bond donors (Lipinski definition) is 1. The highest BCUT2D eigenvalue weighted by atomic mass is 16.5. The zero-order chi connectivity index (χ0) is 16.3. The molecule has 1 aromatic carbocycles. The number of aliphatic hydroxyl groups excluding tert-OH is 1. The molecule has 4 nitrogen and oxygen atoms in total. The summed E-state index contributed by atoms with van der Waals surface area (Å²) in [6.45, 7) is 4.95. The zero-order valence-corrected chi connectivity index (χ0v) is 13.3. The van der Waals surface area contributed by atoms with E-state index in [1.165, 1.54) is 0 Å². The molecule has 2 aromatic rings. The highest BCUT2D eigenvalue weighted by Crippen LogP contribution is 2.31. The van der Waals surface area contributed by atoms with Crippen LogP contribution in [-0.4, -0.2) is 37.8 Å². The Balaban J connectivity index is 2.55. The van der Waals surface area contributed by atoms with Gasteiger partial charge < -0.3 is 14.4 Å². The first kappa shape index (κ1) is 16.6. The van der Waals surface area contributed by atoms with E-state index in [0.717, 1.165) is 16.5 Å². The number of benzene rings is 1. The van der Waals surface area contributed by atoms with Gasteiger partial charge in [-0.2, -0.15) is 5.26 Å². The quantitative estimate of drug-likeness (QED) is 0.822. The van der Waals surface area contributed by atoms with E-state index in [2.05, 4.69) is 10.6 Å². The maximum atomic E-state index is 9.49. The lowest BCUT2D eigenvalue weighted by atomic mass is 9.85. The molecule has 1 N–H and O–H groups in total. The molecule has 114 valence electrons. The lowest BCUT2D eigenvalue weighted by molar-refractivity contribution is 0.101. The van der Waals surface area contributed by atoms with Gasteiger partial charge in [-0.25, -0.2) is 0 Å². The van der Waals surface area contributed by atoms with E-state index in [0.29, 0.717) is 18.6 Å². The average Bonchev–Trinajstić information content (AvgIpc) is 2.85. The molecular weight excluding hydrogens is 275 g/mol. The molecule has 0 saturated heterocycles. The molecule has 0 spiro atoms. The van der Waals surface area contributed by atoms with Gasteiger partial charge in [0.05, 0.1) is 18.1 Å². The Bertz CT molecular complexity index is 700. The molecule has 1 atom stereocenters. The van der Waals surface area contributed by atoms with Crippen molar-refractivity contribution in [2.45, 2.75) is 25.8 Å². The molecule has 0 aliphatic heterocycles. The van der Waals surface area contributed by atoms with Gasteiger partial charge in [-0.1, -0.05) is 17.6 Å². The monoisotopic (exact) mass is 296 g/mol. The molecule has 5 heteroatoms. The summed E-state index contributed by atoms with van der Waals surface area (Å²) < 4.78 is 7.20. The second kappa shape index (κ2) is 6.56. The smallest absolute Gasteiger partial charge is 0.113 e. The van der Waals surface area contributed by atoms with E-state index < -0.39 is 5.41 Å². The predicted octanol–water partition coefficient (Wildman–Crippen LogP) is 1.49. The average molecular weight is 296 g/mol. The first-order valence-corrected chi connectivity index (χ1v) is 7.32. The fourth-order valence-electron chi connectivity index (χ4n) is 2.70. The predicted molar refractivity (Wildman–Crippen MR) is 88.4 cm³/mol. The number of hydrogen-bond acceptors (Lipinski definition) is 3. The van der Waals surface area contributed by atoms with Gasteiger partial charge in [-0.15, -0.1) is 0 Å². The number of rotatable bonds is 6. The second-order valence-electron chi connectivity index (χ2n) is 6.21. The second-order valence-corrected chi connectivity index (χ2v) is 6.21. The molecule has 0 aliphatic rings. The minimum absolute atomic E-state index is 0.0000728. The number of methoxy groups -OCH3 is 1. The van der Waals surface area contributed by atoms with Crippen molar-refractivity contribution in [1.82, 2.24) is 4.57 Å². The van der Waals surface area contributed by atoms with E-state index in [1.807, 2.05) is 38.2 Å². The van der Waals surface area contributed by atoms with Crippen LogP contribution in [0.4, 0.5) is 0 Å². The van der Waals surface area contributed by atoms with Crippen LogP contribution < -0.4 is 5.46 Å². The van der Waals surface area contributed by atoms with Crippen molar-refractivity contribution in [2.75, 3.05) is 20.3 Å². The van der Waals surface area contributed by atoms with E-state index in [1.54, 1.807) is 7.11 Å². The van der Waals surface area contributed by atoms with Crippen LogP contribution in [0.5, 0.6) is 0 Å². The summed E-state index contributed by atoms with van der Waals surface area (Å²) in [6.07, 6.45) is 1.99. The maximum absolute atomic E-state index is 9.49. The molecule has 0 bridgehead atoms. The molecule has 0 saturated carbocycles. The Morgan fingerprint density at radius 1 is 1.45 bits per heavy atom. The first-order valence-electron chi connectivity index (χ1n) is 7.32. The van der Waals surface area contributed by atoms with Crippen LogP contribution in [-0.2, 0) is 16.7 Å². The van der Waals surface area contributed by atoms with Gasteiger partial charge in [0.2, 0.25) is 0 Å². The van der Waals surface area contributed by atoms with Crippen LogP contribution in [0.2, 0.25) is 0 Å². The van der Waals surface area contributed by atoms with Gasteiger partial charge in [0.25, 0.3) is 0 Å². The minimum Gasteiger partial charge on any atom is -0.396 e. The number of ether oxygens (including phenoxy) is 1. The molecule has 1 unspecified atom stereocenters. The number of nitrogens with zero attached hydrogens (tertiary/aromatic N) is 2.